The quantitative estimate of drug-likeness (QED) is 0.735. The number of fused-ring (bicyclic) bond motifs is 2. The molecule has 3 atom stereocenters. The van der Waals surface area contributed by atoms with E-state index in [4.69, 9.17) is 5.73 Å². The summed E-state index contributed by atoms with van der Waals surface area (Å²) in [5, 5.41) is 6.13. The maximum atomic E-state index is 13.0. The topological polar surface area (TPSA) is 84.2 Å². The minimum absolute atomic E-state index is 0. The molecule has 4 N–H and O–H groups in total. The molecular weight excluding hydrogens is 350 g/mol. The largest absolute Gasteiger partial charge is 0.351 e. The summed E-state index contributed by atoms with van der Waals surface area (Å²) >= 11 is 0. The molecule has 2 aliphatic carbocycles. The van der Waals surface area contributed by atoms with E-state index in [0.717, 1.165) is 31.2 Å². The molecule has 2 saturated carbocycles. The number of carbonyl (C=O) groups excluding carboxylic acids is 2. The van der Waals surface area contributed by atoms with Crippen molar-refractivity contribution in [1.82, 2.24) is 10.6 Å². The Bertz CT molecular complexity index is 596. The van der Waals surface area contributed by atoms with E-state index in [0.29, 0.717) is 18.3 Å². The molecule has 5 nitrogen and oxygen atoms in total. The molecule has 2 bridgehead atoms. The maximum absolute atomic E-state index is 13.0. The van der Waals surface area contributed by atoms with Crippen molar-refractivity contribution in [3.8, 4) is 0 Å². The summed E-state index contributed by atoms with van der Waals surface area (Å²) in [6.45, 7) is 1.79. The van der Waals surface area contributed by atoms with Crippen molar-refractivity contribution < 1.29 is 9.59 Å². The Balaban J connectivity index is 0.00000243. The van der Waals surface area contributed by atoms with Crippen LogP contribution >= 0.6 is 12.4 Å². The van der Waals surface area contributed by atoms with E-state index >= 15 is 0 Å². The molecule has 26 heavy (non-hydrogen) atoms. The zero-order valence-corrected chi connectivity index (χ0v) is 16.1. The summed E-state index contributed by atoms with van der Waals surface area (Å²) in [5.74, 6) is 0.703. The van der Waals surface area contributed by atoms with Crippen molar-refractivity contribution in [2.45, 2.75) is 63.6 Å². The third-order valence-corrected chi connectivity index (χ3v) is 5.71. The molecule has 2 fully saturated rings. The lowest BCUT2D eigenvalue weighted by atomic mass is 9.67. The first kappa shape index (κ1) is 20.7. The predicted molar refractivity (Wildman–Crippen MR) is 105 cm³/mol. The van der Waals surface area contributed by atoms with Gasteiger partial charge < -0.3 is 16.4 Å². The van der Waals surface area contributed by atoms with Crippen molar-refractivity contribution in [2.24, 2.45) is 17.6 Å². The molecule has 3 unspecified atom stereocenters. The van der Waals surface area contributed by atoms with E-state index in [-0.39, 0.29) is 36.3 Å². The molecule has 3 rings (SSSR count). The summed E-state index contributed by atoms with van der Waals surface area (Å²) < 4.78 is 0. The van der Waals surface area contributed by atoms with Crippen molar-refractivity contribution in [2.75, 3.05) is 0 Å². The second-order valence-corrected chi connectivity index (χ2v) is 7.48. The molecule has 1 aromatic carbocycles. The Morgan fingerprint density at radius 3 is 2.35 bits per heavy atom. The molecule has 0 radical (unpaired) electrons. The lowest BCUT2D eigenvalue weighted by Gasteiger charge is -2.45. The van der Waals surface area contributed by atoms with Crippen molar-refractivity contribution >= 4 is 24.2 Å². The molecule has 2 amide bonds. The monoisotopic (exact) mass is 379 g/mol. The molecule has 0 spiro atoms. The molecule has 1 aromatic rings. The van der Waals surface area contributed by atoms with Crippen LogP contribution < -0.4 is 16.4 Å². The molecular formula is C20H30ClN3O2. The lowest BCUT2D eigenvalue weighted by Crippen LogP contribution is -2.55. The van der Waals surface area contributed by atoms with Gasteiger partial charge in [0.25, 0.3) is 0 Å². The van der Waals surface area contributed by atoms with E-state index in [1.54, 1.807) is 6.92 Å². The number of halogens is 1. The fourth-order valence-corrected chi connectivity index (χ4v) is 4.48. The van der Waals surface area contributed by atoms with E-state index < -0.39 is 6.04 Å². The standard InChI is InChI=1S/C20H29N3O2.ClH/c1-2-17(24)22-19(13-7-4-3-5-8-13)20(25)23-18-14-9-6-10-15(18)12-16(21)11-14;/h3-5,7-8,14-16,18-19H,2,6,9-12,21H2,1H3,(H,22,24)(H,23,25);1H. The second kappa shape index (κ2) is 9.38. The fraction of sp³-hybridized carbons (Fsp3) is 0.600. The Kier molecular flexibility index (Phi) is 7.47. The van der Waals surface area contributed by atoms with Gasteiger partial charge in [0.2, 0.25) is 11.8 Å². The van der Waals surface area contributed by atoms with Crippen LogP contribution in [0.15, 0.2) is 30.3 Å². The normalized spacial score (nSPS) is 28.4. The number of nitrogens with two attached hydrogens (primary N) is 1. The van der Waals surface area contributed by atoms with Gasteiger partial charge in [-0.1, -0.05) is 43.7 Å². The third kappa shape index (κ3) is 4.77. The second-order valence-electron chi connectivity index (χ2n) is 7.48. The van der Waals surface area contributed by atoms with Crippen molar-refractivity contribution in [3.05, 3.63) is 35.9 Å². The van der Waals surface area contributed by atoms with Crippen LogP contribution in [0.5, 0.6) is 0 Å². The first-order valence-electron chi connectivity index (χ1n) is 9.48. The van der Waals surface area contributed by atoms with Crippen LogP contribution in [0.25, 0.3) is 0 Å². The minimum atomic E-state index is -0.634. The first-order valence-corrected chi connectivity index (χ1v) is 9.48. The lowest BCUT2D eigenvalue weighted by molar-refractivity contribution is -0.130. The van der Waals surface area contributed by atoms with Gasteiger partial charge in [0.1, 0.15) is 6.04 Å². The number of carbonyl (C=O) groups is 2. The summed E-state index contributed by atoms with van der Waals surface area (Å²) in [4.78, 5) is 24.9. The van der Waals surface area contributed by atoms with E-state index in [2.05, 4.69) is 10.6 Å². The molecule has 6 heteroatoms. The molecule has 2 aliphatic rings. The zero-order valence-electron chi connectivity index (χ0n) is 15.3. The maximum Gasteiger partial charge on any atom is 0.247 e. The van der Waals surface area contributed by atoms with Gasteiger partial charge in [0.05, 0.1) is 0 Å². The van der Waals surface area contributed by atoms with Crippen LogP contribution in [-0.2, 0) is 9.59 Å². The molecule has 0 heterocycles. The van der Waals surface area contributed by atoms with Gasteiger partial charge in [-0.05, 0) is 43.1 Å². The summed E-state index contributed by atoms with van der Waals surface area (Å²) in [5.41, 5.74) is 7.00. The Labute approximate surface area is 161 Å². The molecule has 0 aliphatic heterocycles. The average Bonchev–Trinajstić information content (AvgIpc) is 2.60. The number of hydrogen-bond acceptors (Lipinski definition) is 3. The van der Waals surface area contributed by atoms with Gasteiger partial charge in [-0.2, -0.15) is 0 Å². The van der Waals surface area contributed by atoms with Crippen LogP contribution in [0.3, 0.4) is 0 Å². The molecule has 0 saturated heterocycles. The third-order valence-electron chi connectivity index (χ3n) is 5.71. The Morgan fingerprint density at radius 1 is 1.15 bits per heavy atom. The average molecular weight is 380 g/mol. The van der Waals surface area contributed by atoms with E-state index in [1.807, 2.05) is 30.3 Å². The number of hydrogen-bond donors (Lipinski definition) is 3. The SMILES string of the molecule is CCC(=O)NC(C(=O)NC1C2CCCC1CC(N)C2)c1ccccc1.Cl. The van der Waals surface area contributed by atoms with Crippen molar-refractivity contribution in [3.63, 3.8) is 0 Å². The Hall–Kier alpha value is -1.59. The summed E-state index contributed by atoms with van der Waals surface area (Å²) in [6.07, 6.45) is 5.82. The fourth-order valence-electron chi connectivity index (χ4n) is 4.48. The van der Waals surface area contributed by atoms with Crippen molar-refractivity contribution in [1.29, 1.82) is 0 Å². The smallest absolute Gasteiger partial charge is 0.247 e. The van der Waals surface area contributed by atoms with Crippen LogP contribution in [-0.4, -0.2) is 23.9 Å². The highest BCUT2D eigenvalue weighted by Gasteiger charge is 2.40. The van der Waals surface area contributed by atoms with Gasteiger partial charge in [-0.3, -0.25) is 9.59 Å². The first-order chi connectivity index (χ1) is 12.1. The van der Waals surface area contributed by atoms with Crippen LogP contribution in [0.1, 0.15) is 57.1 Å². The summed E-state index contributed by atoms with van der Waals surface area (Å²) in [6, 6.07) is 9.27. The van der Waals surface area contributed by atoms with Gasteiger partial charge in [-0.25, -0.2) is 0 Å². The van der Waals surface area contributed by atoms with Crippen LogP contribution in [0.2, 0.25) is 0 Å². The summed E-state index contributed by atoms with van der Waals surface area (Å²) in [7, 11) is 0. The minimum Gasteiger partial charge on any atom is -0.351 e. The number of nitrogens with one attached hydrogen (secondary N) is 2. The molecule has 0 aromatic heterocycles. The van der Waals surface area contributed by atoms with E-state index in [1.165, 1.54) is 6.42 Å². The Morgan fingerprint density at radius 2 is 1.77 bits per heavy atom. The highest BCUT2D eigenvalue weighted by atomic mass is 35.5. The highest BCUT2D eigenvalue weighted by molar-refractivity contribution is 5.88. The van der Waals surface area contributed by atoms with E-state index in [9.17, 15) is 9.59 Å². The highest BCUT2D eigenvalue weighted by Crippen LogP contribution is 2.39. The number of benzene rings is 1. The van der Waals surface area contributed by atoms with Crippen LogP contribution in [0.4, 0.5) is 0 Å². The predicted octanol–water partition coefficient (Wildman–Crippen LogP) is 2.70. The van der Waals surface area contributed by atoms with Gasteiger partial charge in [-0.15, -0.1) is 12.4 Å². The number of amides is 2. The zero-order chi connectivity index (χ0) is 17.8. The van der Waals surface area contributed by atoms with Gasteiger partial charge in [0, 0.05) is 18.5 Å². The van der Waals surface area contributed by atoms with Gasteiger partial charge in [0.15, 0.2) is 0 Å². The van der Waals surface area contributed by atoms with Crippen LogP contribution in [0, 0.1) is 11.8 Å². The van der Waals surface area contributed by atoms with Gasteiger partial charge >= 0.3 is 0 Å². The number of rotatable bonds is 5. The molecule has 144 valence electrons.